The van der Waals surface area contributed by atoms with E-state index in [-0.39, 0.29) is 17.6 Å². The largest absolute Gasteiger partial charge is 0.497 e. The lowest BCUT2D eigenvalue weighted by Crippen LogP contribution is -2.36. The highest BCUT2D eigenvalue weighted by molar-refractivity contribution is 5.91. The van der Waals surface area contributed by atoms with E-state index in [4.69, 9.17) is 19.8 Å². The fourth-order valence-corrected chi connectivity index (χ4v) is 5.36. The summed E-state index contributed by atoms with van der Waals surface area (Å²) in [4.78, 5) is 27.5. The number of aryl methyl sites for hydroxylation is 1. The van der Waals surface area contributed by atoms with E-state index < -0.39 is 0 Å². The average molecular weight is 545 g/mol. The van der Waals surface area contributed by atoms with Crippen LogP contribution in [0.15, 0.2) is 48.5 Å². The van der Waals surface area contributed by atoms with Gasteiger partial charge in [0.1, 0.15) is 23.2 Å². The molecule has 1 fully saturated rings. The van der Waals surface area contributed by atoms with Gasteiger partial charge in [-0.3, -0.25) is 4.79 Å². The first-order valence-corrected chi connectivity index (χ1v) is 14.1. The third-order valence-electron chi connectivity index (χ3n) is 7.60. The van der Waals surface area contributed by atoms with Crippen molar-refractivity contribution in [2.24, 2.45) is 0 Å². The third kappa shape index (κ3) is 5.78. The number of hydrogen-bond donors (Lipinski definition) is 0. The molecule has 210 valence electrons. The van der Waals surface area contributed by atoms with Gasteiger partial charge in [0.05, 0.1) is 30.3 Å². The Bertz CT molecular complexity index is 1470. The van der Waals surface area contributed by atoms with Gasteiger partial charge < -0.3 is 14.5 Å². The minimum absolute atomic E-state index is 0.123. The Balaban J connectivity index is 1.44. The average Bonchev–Trinajstić information content (AvgIpc) is 3.12. The van der Waals surface area contributed by atoms with E-state index in [1.165, 1.54) is 12.1 Å². The van der Waals surface area contributed by atoms with Crippen LogP contribution in [-0.2, 0) is 11.2 Å². The number of nitrogens with zero attached hydrogens (tertiary/aromatic N) is 6. The fourth-order valence-electron chi connectivity index (χ4n) is 5.36. The van der Waals surface area contributed by atoms with Gasteiger partial charge in [-0.25, -0.2) is 19.0 Å². The topological polar surface area (TPSA) is 76.4 Å². The molecule has 1 saturated heterocycles. The Morgan fingerprint density at radius 1 is 1.02 bits per heavy atom. The number of methoxy groups -OCH3 is 1. The first-order chi connectivity index (χ1) is 19.4. The van der Waals surface area contributed by atoms with Gasteiger partial charge in [0, 0.05) is 32.1 Å². The molecule has 8 nitrogen and oxygen atoms in total. The van der Waals surface area contributed by atoms with Gasteiger partial charge in [-0.1, -0.05) is 32.4 Å². The number of carbonyl (C=O) groups excluding carboxylic acids is 1. The molecule has 40 heavy (non-hydrogen) atoms. The van der Waals surface area contributed by atoms with Crippen LogP contribution in [0.2, 0.25) is 0 Å². The van der Waals surface area contributed by atoms with Crippen molar-refractivity contribution in [2.75, 3.05) is 38.2 Å². The number of fused-ring (bicyclic) bond motifs is 1. The van der Waals surface area contributed by atoms with E-state index in [1.807, 2.05) is 36.1 Å². The number of aromatic nitrogens is 4. The van der Waals surface area contributed by atoms with Crippen LogP contribution in [0.3, 0.4) is 0 Å². The summed E-state index contributed by atoms with van der Waals surface area (Å²) in [7, 11) is 1.64. The molecule has 0 bridgehead atoms. The number of amides is 1. The lowest BCUT2D eigenvalue weighted by atomic mass is 10.1. The van der Waals surface area contributed by atoms with Crippen molar-refractivity contribution in [3.63, 3.8) is 0 Å². The van der Waals surface area contributed by atoms with E-state index >= 15 is 0 Å². The molecule has 1 atom stereocenters. The molecule has 0 N–H and O–H groups in total. The molecule has 3 heterocycles. The maximum atomic E-state index is 13.7. The third-order valence-corrected chi connectivity index (χ3v) is 7.60. The lowest BCUT2D eigenvalue weighted by molar-refractivity contribution is -0.130. The second kappa shape index (κ2) is 12.0. The highest BCUT2D eigenvalue weighted by Gasteiger charge is 2.26. The van der Waals surface area contributed by atoms with E-state index in [0.717, 1.165) is 71.2 Å². The molecule has 0 radical (unpaired) electrons. The predicted molar refractivity (Wildman–Crippen MR) is 155 cm³/mol. The zero-order chi connectivity index (χ0) is 28.2. The zero-order valence-electron chi connectivity index (χ0n) is 23.7. The van der Waals surface area contributed by atoms with Crippen LogP contribution in [0.25, 0.3) is 16.7 Å². The Hall–Kier alpha value is -4.01. The molecule has 0 saturated carbocycles. The maximum absolute atomic E-state index is 13.7. The molecular formula is C31H37FN6O2. The smallest absolute Gasteiger partial charge is 0.227 e. The second-order valence-electron chi connectivity index (χ2n) is 10.5. The van der Waals surface area contributed by atoms with Crippen molar-refractivity contribution in [1.82, 2.24) is 24.6 Å². The SMILES string of the molecule is CCC[C@H](C)c1nc(N2CCCN(C(=O)Cc3ccc(OC)cc3)CC2)c2c(C)nn(-c3ccc(F)cc3)c2n1. The number of anilines is 1. The maximum Gasteiger partial charge on any atom is 0.227 e. The summed E-state index contributed by atoms with van der Waals surface area (Å²) in [6.07, 6.45) is 3.21. The van der Waals surface area contributed by atoms with Crippen molar-refractivity contribution >= 4 is 22.8 Å². The van der Waals surface area contributed by atoms with Crippen molar-refractivity contribution in [1.29, 1.82) is 0 Å². The summed E-state index contributed by atoms with van der Waals surface area (Å²) in [5.41, 5.74) is 3.27. The molecule has 4 aromatic rings. The molecule has 9 heteroatoms. The molecule has 5 rings (SSSR count). The van der Waals surface area contributed by atoms with Crippen molar-refractivity contribution in [3.05, 3.63) is 71.4 Å². The molecule has 0 spiro atoms. The standard InChI is InChI=1S/C31H37FN6O2/c1-5-7-21(2)29-33-30(28-22(3)35-38(31(28)34-29)25-12-10-24(32)11-13-25)37-17-6-16-36(18-19-37)27(39)20-23-8-14-26(40-4)15-9-23/h8-15,21H,5-7,16-20H2,1-4H3/t21-/m0/s1. The van der Waals surface area contributed by atoms with E-state index in [0.29, 0.717) is 26.1 Å². The van der Waals surface area contributed by atoms with Crippen molar-refractivity contribution < 1.29 is 13.9 Å². The van der Waals surface area contributed by atoms with E-state index in [9.17, 15) is 9.18 Å². The quantitative estimate of drug-likeness (QED) is 0.293. The first-order valence-electron chi connectivity index (χ1n) is 14.1. The summed E-state index contributed by atoms with van der Waals surface area (Å²) in [6.45, 7) is 9.05. The van der Waals surface area contributed by atoms with Crippen LogP contribution in [0.1, 0.15) is 56.1 Å². The number of ether oxygens (including phenoxy) is 1. The summed E-state index contributed by atoms with van der Waals surface area (Å²) in [6, 6.07) is 14.0. The van der Waals surface area contributed by atoms with Crippen LogP contribution in [0, 0.1) is 12.7 Å². The van der Waals surface area contributed by atoms with Crippen LogP contribution in [0.4, 0.5) is 10.2 Å². The molecule has 2 aromatic carbocycles. The number of rotatable bonds is 8. The van der Waals surface area contributed by atoms with Gasteiger partial charge >= 0.3 is 0 Å². The van der Waals surface area contributed by atoms with Gasteiger partial charge in [-0.05, 0) is 61.7 Å². The van der Waals surface area contributed by atoms with Crippen LogP contribution in [0.5, 0.6) is 5.75 Å². The Morgan fingerprint density at radius 3 is 2.48 bits per heavy atom. The number of hydrogen-bond acceptors (Lipinski definition) is 6. The summed E-state index contributed by atoms with van der Waals surface area (Å²) in [5, 5.41) is 5.71. The van der Waals surface area contributed by atoms with E-state index in [2.05, 4.69) is 18.7 Å². The number of halogens is 1. The minimum atomic E-state index is -0.292. The van der Waals surface area contributed by atoms with E-state index in [1.54, 1.807) is 23.9 Å². The van der Waals surface area contributed by atoms with Gasteiger partial charge in [0.2, 0.25) is 5.91 Å². The van der Waals surface area contributed by atoms with Crippen molar-refractivity contribution in [2.45, 2.75) is 52.4 Å². The van der Waals surface area contributed by atoms with Gasteiger partial charge in [-0.2, -0.15) is 5.10 Å². The molecule has 1 amide bonds. The number of benzene rings is 2. The monoisotopic (exact) mass is 544 g/mol. The van der Waals surface area contributed by atoms with Gasteiger partial charge in [-0.15, -0.1) is 0 Å². The summed E-state index contributed by atoms with van der Waals surface area (Å²) in [5.74, 6) is 2.43. The van der Waals surface area contributed by atoms with Gasteiger partial charge in [0.15, 0.2) is 5.65 Å². The molecule has 0 unspecified atom stereocenters. The molecule has 2 aromatic heterocycles. The molecule has 0 aliphatic carbocycles. The Kier molecular flexibility index (Phi) is 8.28. The molecule has 1 aliphatic heterocycles. The zero-order valence-corrected chi connectivity index (χ0v) is 23.7. The summed E-state index contributed by atoms with van der Waals surface area (Å²) >= 11 is 0. The minimum Gasteiger partial charge on any atom is -0.497 e. The van der Waals surface area contributed by atoms with Crippen molar-refractivity contribution in [3.8, 4) is 11.4 Å². The number of carbonyl (C=O) groups is 1. The normalized spacial score (nSPS) is 14.8. The highest BCUT2D eigenvalue weighted by atomic mass is 19.1. The molecular weight excluding hydrogens is 507 g/mol. The van der Waals surface area contributed by atoms with Crippen LogP contribution >= 0.6 is 0 Å². The van der Waals surface area contributed by atoms with Gasteiger partial charge in [0.25, 0.3) is 0 Å². The lowest BCUT2D eigenvalue weighted by Gasteiger charge is -2.24. The highest BCUT2D eigenvalue weighted by Crippen LogP contribution is 2.32. The van der Waals surface area contributed by atoms with Crippen LogP contribution < -0.4 is 9.64 Å². The Morgan fingerprint density at radius 2 is 1.77 bits per heavy atom. The second-order valence-corrected chi connectivity index (χ2v) is 10.5. The summed E-state index contributed by atoms with van der Waals surface area (Å²) < 4.78 is 20.7. The molecule has 1 aliphatic rings. The fraction of sp³-hybridized carbons (Fsp3) is 0.419. The predicted octanol–water partition coefficient (Wildman–Crippen LogP) is 5.46. The van der Waals surface area contributed by atoms with Crippen LogP contribution in [-0.4, -0.2) is 63.8 Å². The Labute approximate surface area is 234 Å². The first kappa shape index (κ1) is 27.6.